The molecule has 0 bridgehead atoms. The van der Waals surface area contributed by atoms with Gasteiger partial charge in [-0.3, -0.25) is 9.59 Å². The third-order valence-corrected chi connectivity index (χ3v) is 4.30. The lowest BCUT2D eigenvalue weighted by atomic mass is 10.1. The maximum Gasteiger partial charge on any atom is 0.224 e. The maximum absolute atomic E-state index is 12.3. The van der Waals surface area contributed by atoms with E-state index < -0.39 is 0 Å². The van der Waals surface area contributed by atoms with E-state index >= 15 is 0 Å². The number of carbonyl (C=O) groups excluding carboxylic acids is 2. The second-order valence-corrected chi connectivity index (χ2v) is 6.14. The first kappa shape index (κ1) is 19.1. The molecule has 7 heteroatoms. The van der Waals surface area contributed by atoms with Crippen molar-refractivity contribution in [2.75, 3.05) is 17.7 Å². The van der Waals surface area contributed by atoms with Crippen molar-refractivity contribution < 1.29 is 14.3 Å². The molecule has 5 nitrogen and oxygen atoms in total. The van der Waals surface area contributed by atoms with Crippen LogP contribution in [0.25, 0.3) is 0 Å². The number of aryl methyl sites for hydroxylation is 1. The van der Waals surface area contributed by atoms with Gasteiger partial charge in [-0.25, -0.2) is 0 Å². The predicted octanol–water partition coefficient (Wildman–Crippen LogP) is 4.53. The van der Waals surface area contributed by atoms with Crippen molar-refractivity contribution >= 4 is 46.4 Å². The molecule has 2 aromatic rings. The Labute approximate surface area is 156 Å². The van der Waals surface area contributed by atoms with Gasteiger partial charge in [-0.05, 0) is 36.2 Å². The Morgan fingerprint density at radius 3 is 2.56 bits per heavy atom. The summed E-state index contributed by atoms with van der Waals surface area (Å²) in [5, 5.41) is 6.37. The van der Waals surface area contributed by atoms with E-state index in [0.717, 1.165) is 5.56 Å². The highest BCUT2D eigenvalue weighted by atomic mass is 35.5. The molecule has 0 heterocycles. The fraction of sp³-hybridized carbons (Fsp3) is 0.222. The SMILES string of the molecule is COc1ccc(NC(C)=O)cc1NC(=O)CCc1cccc(Cl)c1Cl. The van der Waals surface area contributed by atoms with Crippen LogP contribution in [0.1, 0.15) is 18.9 Å². The highest BCUT2D eigenvalue weighted by Crippen LogP contribution is 2.29. The molecule has 0 saturated carbocycles. The van der Waals surface area contributed by atoms with Gasteiger partial charge in [-0.15, -0.1) is 0 Å². The van der Waals surface area contributed by atoms with Gasteiger partial charge in [0.25, 0.3) is 0 Å². The number of anilines is 2. The molecule has 2 aromatic carbocycles. The van der Waals surface area contributed by atoms with Gasteiger partial charge in [0.1, 0.15) is 5.75 Å². The molecule has 25 heavy (non-hydrogen) atoms. The predicted molar refractivity (Wildman–Crippen MR) is 101 cm³/mol. The molecule has 0 unspecified atom stereocenters. The van der Waals surface area contributed by atoms with Gasteiger partial charge in [-0.1, -0.05) is 35.3 Å². The van der Waals surface area contributed by atoms with Crippen molar-refractivity contribution in [2.45, 2.75) is 19.8 Å². The normalized spacial score (nSPS) is 10.2. The zero-order chi connectivity index (χ0) is 18.4. The standard InChI is InChI=1S/C18H18Cl2N2O3/c1-11(23)21-13-7-8-16(25-2)15(10-13)22-17(24)9-6-12-4-3-5-14(19)18(12)20/h3-5,7-8,10H,6,9H2,1-2H3,(H,21,23)(H,22,24). The summed E-state index contributed by atoms with van der Waals surface area (Å²) in [5.74, 6) is 0.107. The van der Waals surface area contributed by atoms with Crippen molar-refractivity contribution in [1.82, 2.24) is 0 Å². The average molecular weight is 381 g/mol. The van der Waals surface area contributed by atoms with Crippen LogP contribution in [0.5, 0.6) is 5.75 Å². The van der Waals surface area contributed by atoms with Crippen LogP contribution in [0.4, 0.5) is 11.4 Å². The van der Waals surface area contributed by atoms with Gasteiger partial charge in [0, 0.05) is 19.0 Å². The minimum atomic E-state index is -0.200. The Morgan fingerprint density at radius 2 is 1.88 bits per heavy atom. The number of ether oxygens (including phenoxy) is 1. The fourth-order valence-corrected chi connectivity index (χ4v) is 2.70. The number of methoxy groups -OCH3 is 1. The lowest BCUT2D eigenvalue weighted by molar-refractivity contribution is -0.116. The Morgan fingerprint density at radius 1 is 1.12 bits per heavy atom. The first-order chi connectivity index (χ1) is 11.9. The summed E-state index contributed by atoms with van der Waals surface area (Å²) in [6, 6.07) is 10.3. The van der Waals surface area contributed by atoms with E-state index in [4.69, 9.17) is 27.9 Å². The summed E-state index contributed by atoms with van der Waals surface area (Å²) in [6.45, 7) is 1.41. The Kier molecular flexibility index (Phi) is 6.67. The first-order valence-corrected chi connectivity index (χ1v) is 8.34. The zero-order valence-electron chi connectivity index (χ0n) is 13.9. The summed E-state index contributed by atoms with van der Waals surface area (Å²) < 4.78 is 5.24. The van der Waals surface area contributed by atoms with Gasteiger partial charge >= 0.3 is 0 Å². The van der Waals surface area contributed by atoms with Crippen LogP contribution >= 0.6 is 23.2 Å². The van der Waals surface area contributed by atoms with E-state index in [2.05, 4.69) is 10.6 Å². The fourth-order valence-electron chi connectivity index (χ4n) is 2.29. The number of amides is 2. The molecule has 0 aromatic heterocycles. The van der Waals surface area contributed by atoms with Crippen molar-refractivity contribution in [3.05, 3.63) is 52.0 Å². The second kappa shape index (κ2) is 8.74. The zero-order valence-corrected chi connectivity index (χ0v) is 15.4. The van der Waals surface area contributed by atoms with Gasteiger partial charge in [0.05, 0.1) is 22.8 Å². The summed E-state index contributed by atoms with van der Waals surface area (Å²) in [4.78, 5) is 23.4. The van der Waals surface area contributed by atoms with Crippen LogP contribution in [0.3, 0.4) is 0 Å². The van der Waals surface area contributed by atoms with Gasteiger partial charge in [0.2, 0.25) is 11.8 Å². The van der Waals surface area contributed by atoms with E-state index in [1.165, 1.54) is 14.0 Å². The molecule has 0 saturated heterocycles. The van der Waals surface area contributed by atoms with Crippen molar-refractivity contribution in [1.29, 1.82) is 0 Å². The molecule has 0 spiro atoms. The molecule has 0 atom stereocenters. The lowest BCUT2D eigenvalue weighted by Gasteiger charge is -2.12. The molecular formula is C18H18Cl2N2O3. The summed E-state index contributed by atoms with van der Waals surface area (Å²) in [6.07, 6.45) is 0.687. The molecule has 2 amide bonds. The van der Waals surface area contributed by atoms with E-state index in [1.807, 2.05) is 6.07 Å². The molecule has 2 N–H and O–H groups in total. The number of rotatable bonds is 6. The molecular weight excluding hydrogens is 363 g/mol. The number of hydrogen-bond donors (Lipinski definition) is 2. The largest absolute Gasteiger partial charge is 0.495 e. The number of nitrogens with one attached hydrogen (secondary N) is 2. The molecule has 0 fully saturated rings. The van der Waals surface area contributed by atoms with Crippen molar-refractivity contribution in [2.24, 2.45) is 0 Å². The lowest BCUT2D eigenvalue weighted by Crippen LogP contribution is -2.14. The summed E-state index contributed by atoms with van der Waals surface area (Å²) in [7, 11) is 1.51. The number of carbonyl (C=O) groups is 2. The smallest absolute Gasteiger partial charge is 0.224 e. The minimum absolute atomic E-state index is 0.196. The topological polar surface area (TPSA) is 67.4 Å². The Bertz CT molecular complexity index is 794. The first-order valence-electron chi connectivity index (χ1n) is 7.59. The highest BCUT2D eigenvalue weighted by molar-refractivity contribution is 6.42. The number of halogens is 2. The maximum atomic E-state index is 12.3. The van der Waals surface area contributed by atoms with Crippen molar-refractivity contribution in [3.8, 4) is 5.75 Å². The van der Waals surface area contributed by atoms with Gasteiger partial charge in [0.15, 0.2) is 0 Å². The number of hydrogen-bond acceptors (Lipinski definition) is 3. The van der Waals surface area contributed by atoms with E-state index in [0.29, 0.717) is 33.6 Å². The van der Waals surface area contributed by atoms with Crippen LogP contribution in [-0.4, -0.2) is 18.9 Å². The van der Waals surface area contributed by atoms with Crippen LogP contribution in [0.15, 0.2) is 36.4 Å². The van der Waals surface area contributed by atoms with E-state index in [9.17, 15) is 9.59 Å². The third-order valence-electron chi connectivity index (χ3n) is 3.45. The molecule has 0 aliphatic carbocycles. The monoisotopic (exact) mass is 380 g/mol. The molecule has 0 aliphatic heterocycles. The molecule has 0 aliphatic rings. The van der Waals surface area contributed by atoms with Crippen molar-refractivity contribution in [3.63, 3.8) is 0 Å². The minimum Gasteiger partial charge on any atom is -0.495 e. The Hall–Kier alpha value is -2.24. The van der Waals surface area contributed by atoms with Crippen LogP contribution in [0.2, 0.25) is 10.0 Å². The van der Waals surface area contributed by atoms with Crippen LogP contribution in [-0.2, 0) is 16.0 Å². The van der Waals surface area contributed by atoms with Crippen LogP contribution in [0, 0.1) is 0 Å². The molecule has 0 radical (unpaired) electrons. The Balaban J connectivity index is 2.06. The highest BCUT2D eigenvalue weighted by Gasteiger charge is 2.11. The van der Waals surface area contributed by atoms with Gasteiger partial charge in [-0.2, -0.15) is 0 Å². The average Bonchev–Trinajstić information content (AvgIpc) is 2.56. The molecule has 2 rings (SSSR count). The van der Waals surface area contributed by atoms with Crippen LogP contribution < -0.4 is 15.4 Å². The number of benzene rings is 2. The van der Waals surface area contributed by atoms with E-state index in [1.54, 1.807) is 30.3 Å². The summed E-state index contributed by atoms with van der Waals surface area (Å²) >= 11 is 12.1. The summed E-state index contributed by atoms with van der Waals surface area (Å²) in [5.41, 5.74) is 1.86. The van der Waals surface area contributed by atoms with E-state index in [-0.39, 0.29) is 18.2 Å². The second-order valence-electron chi connectivity index (χ2n) is 5.36. The van der Waals surface area contributed by atoms with Gasteiger partial charge < -0.3 is 15.4 Å². The quantitative estimate of drug-likeness (QED) is 0.773. The molecule has 132 valence electrons. The third kappa shape index (κ3) is 5.37.